The van der Waals surface area contributed by atoms with Crippen LogP contribution in [-0.2, 0) is 4.74 Å². The first-order valence-electron chi connectivity index (χ1n) is 7.50. The first-order valence-corrected chi connectivity index (χ1v) is 7.50. The van der Waals surface area contributed by atoms with Gasteiger partial charge in [0.25, 0.3) is 0 Å². The fourth-order valence-electron chi connectivity index (χ4n) is 3.14. The standard InChI is InChI=1S/C15H30N2O/c1-5-18-11-10-16-8-6-15(7-9-16)12-17(13-15)14(2,3)4/h5-13H2,1-4H3. The number of likely N-dealkylation sites (tertiary alicyclic amines) is 2. The number of rotatable bonds is 4. The summed E-state index contributed by atoms with van der Waals surface area (Å²) in [7, 11) is 0. The molecule has 106 valence electrons. The predicted octanol–water partition coefficient (Wildman–Crippen LogP) is 2.22. The van der Waals surface area contributed by atoms with Crippen molar-refractivity contribution in [1.29, 1.82) is 0 Å². The predicted molar refractivity (Wildman–Crippen MR) is 75.9 cm³/mol. The zero-order chi connectivity index (χ0) is 13.2. The molecule has 2 aliphatic rings. The van der Waals surface area contributed by atoms with Gasteiger partial charge in [-0.15, -0.1) is 0 Å². The molecule has 0 aromatic carbocycles. The first kappa shape index (κ1) is 14.3. The highest BCUT2D eigenvalue weighted by atomic mass is 16.5. The smallest absolute Gasteiger partial charge is 0.0593 e. The molecule has 2 saturated heterocycles. The SMILES string of the molecule is CCOCCN1CCC2(CC1)CN(C(C)(C)C)C2. The van der Waals surface area contributed by atoms with E-state index in [1.54, 1.807) is 0 Å². The van der Waals surface area contributed by atoms with Crippen LogP contribution in [-0.4, -0.2) is 61.3 Å². The molecular formula is C15H30N2O. The minimum Gasteiger partial charge on any atom is -0.380 e. The summed E-state index contributed by atoms with van der Waals surface area (Å²) in [5, 5.41) is 0. The summed E-state index contributed by atoms with van der Waals surface area (Å²) in [6.07, 6.45) is 2.76. The van der Waals surface area contributed by atoms with E-state index in [0.717, 1.165) is 19.8 Å². The Bertz CT molecular complexity index is 256. The van der Waals surface area contributed by atoms with Crippen molar-refractivity contribution in [2.45, 2.75) is 46.1 Å². The number of hydrogen-bond acceptors (Lipinski definition) is 3. The van der Waals surface area contributed by atoms with Crippen molar-refractivity contribution in [2.24, 2.45) is 5.41 Å². The van der Waals surface area contributed by atoms with E-state index in [-0.39, 0.29) is 0 Å². The summed E-state index contributed by atoms with van der Waals surface area (Å²) in [6.45, 7) is 17.1. The molecule has 0 aromatic heterocycles. The Labute approximate surface area is 112 Å². The van der Waals surface area contributed by atoms with Crippen LogP contribution < -0.4 is 0 Å². The van der Waals surface area contributed by atoms with E-state index in [9.17, 15) is 0 Å². The Kier molecular flexibility index (Phi) is 4.35. The molecule has 3 nitrogen and oxygen atoms in total. The normalized spacial score (nSPS) is 25.3. The highest BCUT2D eigenvalue weighted by molar-refractivity contribution is 5.01. The molecule has 0 aromatic rings. The Morgan fingerprint density at radius 1 is 1.11 bits per heavy atom. The lowest BCUT2D eigenvalue weighted by molar-refractivity contribution is -0.0914. The maximum Gasteiger partial charge on any atom is 0.0593 e. The molecule has 0 amide bonds. The number of piperidine rings is 1. The summed E-state index contributed by atoms with van der Waals surface area (Å²) >= 11 is 0. The second-order valence-corrected chi connectivity index (χ2v) is 7.07. The van der Waals surface area contributed by atoms with E-state index in [2.05, 4.69) is 37.5 Å². The minimum atomic E-state index is 0.358. The second kappa shape index (κ2) is 5.48. The van der Waals surface area contributed by atoms with Gasteiger partial charge in [-0.2, -0.15) is 0 Å². The van der Waals surface area contributed by atoms with Crippen molar-refractivity contribution in [3.05, 3.63) is 0 Å². The molecule has 0 saturated carbocycles. The Hall–Kier alpha value is -0.120. The van der Waals surface area contributed by atoms with Crippen molar-refractivity contribution < 1.29 is 4.74 Å². The van der Waals surface area contributed by atoms with Crippen molar-refractivity contribution in [2.75, 3.05) is 45.9 Å². The van der Waals surface area contributed by atoms with Gasteiger partial charge in [0, 0.05) is 31.8 Å². The van der Waals surface area contributed by atoms with Crippen molar-refractivity contribution in [1.82, 2.24) is 9.80 Å². The Morgan fingerprint density at radius 2 is 1.72 bits per heavy atom. The van der Waals surface area contributed by atoms with Gasteiger partial charge < -0.3 is 9.64 Å². The van der Waals surface area contributed by atoms with Gasteiger partial charge in [-0.05, 0) is 59.0 Å². The van der Waals surface area contributed by atoms with Gasteiger partial charge in [0.15, 0.2) is 0 Å². The van der Waals surface area contributed by atoms with Crippen LogP contribution >= 0.6 is 0 Å². The van der Waals surface area contributed by atoms with Crippen molar-refractivity contribution in [3.63, 3.8) is 0 Å². The van der Waals surface area contributed by atoms with Crippen LogP contribution in [0.4, 0.5) is 0 Å². The van der Waals surface area contributed by atoms with Crippen LogP contribution in [0, 0.1) is 5.41 Å². The van der Waals surface area contributed by atoms with Crippen LogP contribution in [0.5, 0.6) is 0 Å². The molecular weight excluding hydrogens is 224 g/mol. The van der Waals surface area contributed by atoms with Gasteiger partial charge >= 0.3 is 0 Å². The van der Waals surface area contributed by atoms with Crippen LogP contribution in [0.1, 0.15) is 40.5 Å². The molecule has 3 heteroatoms. The highest BCUT2D eigenvalue weighted by Crippen LogP contribution is 2.43. The average Bonchev–Trinajstić information content (AvgIpc) is 2.26. The zero-order valence-corrected chi connectivity index (χ0v) is 12.7. The van der Waals surface area contributed by atoms with Gasteiger partial charge in [0.1, 0.15) is 0 Å². The summed E-state index contributed by atoms with van der Waals surface area (Å²) in [4.78, 5) is 5.20. The van der Waals surface area contributed by atoms with Crippen molar-refractivity contribution >= 4 is 0 Å². The van der Waals surface area contributed by atoms with Crippen molar-refractivity contribution in [3.8, 4) is 0 Å². The summed E-state index contributed by atoms with van der Waals surface area (Å²) in [6, 6.07) is 0. The molecule has 18 heavy (non-hydrogen) atoms. The molecule has 2 fully saturated rings. The van der Waals surface area contributed by atoms with Gasteiger partial charge in [-0.25, -0.2) is 0 Å². The molecule has 2 rings (SSSR count). The van der Waals surface area contributed by atoms with E-state index in [0.29, 0.717) is 11.0 Å². The van der Waals surface area contributed by atoms with Gasteiger partial charge in [0.2, 0.25) is 0 Å². The lowest BCUT2D eigenvalue weighted by atomic mass is 9.70. The third-order valence-corrected chi connectivity index (χ3v) is 4.67. The molecule has 0 radical (unpaired) electrons. The fourth-order valence-corrected chi connectivity index (χ4v) is 3.14. The molecule has 0 atom stereocenters. The minimum absolute atomic E-state index is 0.358. The van der Waals surface area contributed by atoms with Crippen LogP contribution in [0.2, 0.25) is 0 Å². The average molecular weight is 254 g/mol. The Balaban J connectivity index is 1.69. The molecule has 2 aliphatic heterocycles. The lowest BCUT2D eigenvalue weighted by Gasteiger charge is -2.58. The van der Waals surface area contributed by atoms with Gasteiger partial charge in [-0.1, -0.05) is 0 Å². The maximum atomic E-state index is 5.44. The molecule has 0 aliphatic carbocycles. The summed E-state index contributed by atoms with van der Waals surface area (Å²) in [5.74, 6) is 0. The molecule has 0 bridgehead atoms. The van der Waals surface area contributed by atoms with E-state index >= 15 is 0 Å². The van der Waals surface area contributed by atoms with Gasteiger partial charge in [0.05, 0.1) is 6.61 Å². The van der Waals surface area contributed by atoms with E-state index in [1.807, 2.05) is 0 Å². The number of hydrogen-bond donors (Lipinski definition) is 0. The molecule has 0 unspecified atom stereocenters. The number of ether oxygens (including phenoxy) is 1. The molecule has 1 spiro atoms. The monoisotopic (exact) mass is 254 g/mol. The second-order valence-electron chi connectivity index (χ2n) is 7.07. The quantitative estimate of drug-likeness (QED) is 0.716. The number of nitrogens with zero attached hydrogens (tertiary/aromatic N) is 2. The Morgan fingerprint density at radius 3 is 2.22 bits per heavy atom. The van der Waals surface area contributed by atoms with Crippen LogP contribution in [0.3, 0.4) is 0 Å². The summed E-state index contributed by atoms with van der Waals surface area (Å²) in [5.41, 5.74) is 1.01. The molecule has 2 heterocycles. The lowest BCUT2D eigenvalue weighted by Crippen LogP contribution is -2.65. The topological polar surface area (TPSA) is 15.7 Å². The van der Waals surface area contributed by atoms with E-state index < -0.39 is 0 Å². The third-order valence-electron chi connectivity index (χ3n) is 4.67. The van der Waals surface area contributed by atoms with Crippen LogP contribution in [0.25, 0.3) is 0 Å². The van der Waals surface area contributed by atoms with E-state index in [4.69, 9.17) is 4.74 Å². The highest BCUT2D eigenvalue weighted by Gasteiger charge is 2.47. The first-order chi connectivity index (χ1) is 8.45. The maximum absolute atomic E-state index is 5.44. The van der Waals surface area contributed by atoms with Crippen LogP contribution in [0.15, 0.2) is 0 Å². The third kappa shape index (κ3) is 3.25. The van der Waals surface area contributed by atoms with Gasteiger partial charge in [-0.3, -0.25) is 4.90 Å². The molecule has 0 N–H and O–H groups in total. The summed E-state index contributed by atoms with van der Waals surface area (Å²) < 4.78 is 5.44. The fraction of sp³-hybridized carbons (Fsp3) is 1.00. The zero-order valence-electron chi connectivity index (χ0n) is 12.7. The van der Waals surface area contributed by atoms with E-state index in [1.165, 1.54) is 39.0 Å². The largest absolute Gasteiger partial charge is 0.380 e.